The number of benzene rings is 1. The molecule has 0 fully saturated rings. The number of nitrogens with zero attached hydrogens (tertiary/aromatic N) is 3. The van der Waals surface area contributed by atoms with Crippen molar-refractivity contribution in [1.29, 1.82) is 0 Å². The van der Waals surface area contributed by atoms with Gasteiger partial charge in [0.05, 0.1) is 6.20 Å². The normalized spacial score (nSPS) is 15.0. The van der Waals surface area contributed by atoms with Gasteiger partial charge in [0.15, 0.2) is 0 Å². The van der Waals surface area contributed by atoms with Gasteiger partial charge in [-0.15, -0.1) is 0 Å². The Balaban J connectivity index is 0.000000358. The molecule has 164 valence electrons. The maximum Gasteiger partial charge on any atom is 0.0568 e. The van der Waals surface area contributed by atoms with E-state index in [-0.39, 0.29) is 0 Å². The van der Waals surface area contributed by atoms with Crippen molar-refractivity contribution in [2.75, 3.05) is 18.5 Å². The van der Waals surface area contributed by atoms with Gasteiger partial charge in [-0.1, -0.05) is 85.6 Å². The van der Waals surface area contributed by atoms with Crippen LogP contribution in [0.2, 0.25) is 0 Å². The van der Waals surface area contributed by atoms with Gasteiger partial charge in [-0.3, -0.25) is 4.68 Å². The summed E-state index contributed by atoms with van der Waals surface area (Å²) in [7, 11) is 4.16. The molecular formula is C26H45N3. The lowest BCUT2D eigenvalue weighted by atomic mass is 9.89. The minimum atomic E-state index is 0.779. The van der Waals surface area contributed by atoms with Crippen LogP contribution in [-0.2, 0) is 13.5 Å². The Morgan fingerprint density at radius 1 is 0.931 bits per heavy atom. The molecule has 0 bridgehead atoms. The molecule has 3 heteroatoms. The predicted octanol–water partition coefficient (Wildman–Crippen LogP) is 7.50. The topological polar surface area (TPSA) is 21.1 Å². The number of hydrogen-bond acceptors (Lipinski definition) is 2. The van der Waals surface area contributed by atoms with Crippen molar-refractivity contribution in [3.63, 3.8) is 0 Å². The van der Waals surface area contributed by atoms with Crippen LogP contribution in [0.5, 0.6) is 0 Å². The molecule has 1 aliphatic heterocycles. The Morgan fingerprint density at radius 3 is 2.10 bits per heavy atom. The highest BCUT2D eigenvalue weighted by Gasteiger charge is 2.21. The van der Waals surface area contributed by atoms with Crippen molar-refractivity contribution in [2.45, 2.75) is 86.0 Å². The molecule has 2 aromatic rings. The van der Waals surface area contributed by atoms with Gasteiger partial charge in [-0.25, -0.2) is 0 Å². The molecule has 0 amide bonds. The number of aromatic nitrogens is 2. The monoisotopic (exact) mass is 399 g/mol. The van der Waals surface area contributed by atoms with Gasteiger partial charge in [0, 0.05) is 38.1 Å². The van der Waals surface area contributed by atoms with E-state index >= 15 is 0 Å². The van der Waals surface area contributed by atoms with Crippen molar-refractivity contribution >= 4 is 5.69 Å². The van der Waals surface area contributed by atoms with Crippen molar-refractivity contribution < 1.29 is 0 Å². The zero-order valence-corrected chi connectivity index (χ0v) is 20.2. The molecule has 1 aromatic heterocycles. The fraction of sp³-hybridized carbons (Fsp3) is 0.654. The molecule has 3 nitrogen and oxygen atoms in total. The minimum absolute atomic E-state index is 0.779. The fourth-order valence-electron chi connectivity index (χ4n) is 3.86. The van der Waals surface area contributed by atoms with Gasteiger partial charge in [0.1, 0.15) is 0 Å². The Hall–Kier alpha value is -1.77. The fourth-order valence-corrected chi connectivity index (χ4v) is 3.86. The lowest BCUT2D eigenvalue weighted by molar-refractivity contribution is 0.489. The Morgan fingerprint density at radius 2 is 1.59 bits per heavy atom. The molecule has 1 unspecified atom stereocenters. The second-order valence-corrected chi connectivity index (χ2v) is 8.02. The number of hydrogen-bond donors (Lipinski definition) is 0. The first-order valence-electron chi connectivity index (χ1n) is 11.9. The smallest absolute Gasteiger partial charge is 0.0568 e. The van der Waals surface area contributed by atoms with E-state index in [1.54, 1.807) is 0 Å². The molecule has 0 spiro atoms. The third-order valence-corrected chi connectivity index (χ3v) is 5.60. The number of rotatable bonds is 7. The zero-order chi connectivity index (χ0) is 21.6. The molecule has 2 heterocycles. The van der Waals surface area contributed by atoms with Gasteiger partial charge in [-0.05, 0) is 35.6 Å². The summed E-state index contributed by atoms with van der Waals surface area (Å²) in [6, 6.07) is 6.80. The van der Waals surface area contributed by atoms with Crippen LogP contribution in [-0.4, -0.2) is 23.4 Å². The van der Waals surface area contributed by atoms with Crippen molar-refractivity contribution in [1.82, 2.24) is 9.78 Å². The number of anilines is 1. The maximum atomic E-state index is 4.26. The summed E-state index contributed by atoms with van der Waals surface area (Å²) in [6.45, 7) is 12.0. The second kappa shape index (κ2) is 14.3. The van der Waals surface area contributed by atoms with Crippen LogP contribution < -0.4 is 4.90 Å². The van der Waals surface area contributed by atoms with E-state index < -0.39 is 0 Å². The van der Waals surface area contributed by atoms with Crippen LogP contribution >= 0.6 is 0 Å². The molecule has 0 aliphatic carbocycles. The molecule has 1 aliphatic rings. The van der Waals surface area contributed by atoms with E-state index in [0.29, 0.717) is 0 Å². The third kappa shape index (κ3) is 8.24. The van der Waals surface area contributed by atoms with E-state index in [1.807, 2.05) is 31.8 Å². The standard InChI is InChI=1S/C16H21N3.C8H18.C2H6/c1-4-12-7-14-8-13(15-9-17-19(3)11-15)5-6-16(14)18(2)10-12;1-3-5-7-8-6-4-2;1-2/h5-6,8-9,11-12H,4,7,10H2,1-3H3;3-8H2,1-2H3;1-2H3. The summed E-state index contributed by atoms with van der Waals surface area (Å²) >= 11 is 0. The van der Waals surface area contributed by atoms with Crippen LogP contribution in [0.1, 0.15) is 85.1 Å². The lowest BCUT2D eigenvalue weighted by Gasteiger charge is -2.33. The van der Waals surface area contributed by atoms with Gasteiger partial charge in [0.2, 0.25) is 0 Å². The molecular weight excluding hydrogens is 354 g/mol. The Labute approximate surface area is 180 Å². The summed E-state index contributed by atoms with van der Waals surface area (Å²) in [6.07, 6.45) is 14.9. The largest absolute Gasteiger partial charge is 0.374 e. The molecule has 0 saturated heterocycles. The molecule has 0 saturated carbocycles. The van der Waals surface area contributed by atoms with Crippen molar-refractivity contribution in [2.24, 2.45) is 13.0 Å². The van der Waals surface area contributed by atoms with Crippen LogP contribution in [0.4, 0.5) is 5.69 Å². The summed E-state index contributed by atoms with van der Waals surface area (Å²) < 4.78 is 1.86. The quantitative estimate of drug-likeness (QED) is 0.449. The van der Waals surface area contributed by atoms with E-state index in [9.17, 15) is 0 Å². The number of unbranched alkanes of at least 4 members (excludes halogenated alkanes) is 5. The van der Waals surface area contributed by atoms with E-state index in [2.05, 4.69) is 62.2 Å². The second-order valence-electron chi connectivity index (χ2n) is 8.02. The van der Waals surface area contributed by atoms with Crippen LogP contribution in [0.15, 0.2) is 30.6 Å². The van der Waals surface area contributed by atoms with E-state index in [4.69, 9.17) is 0 Å². The SMILES string of the molecule is CC.CCC1Cc2cc(-c3cnn(C)c3)ccc2N(C)C1.CCCCCCCC. The first-order chi connectivity index (χ1) is 14.1. The average Bonchev–Trinajstić information content (AvgIpc) is 3.19. The molecule has 29 heavy (non-hydrogen) atoms. The molecule has 3 rings (SSSR count). The van der Waals surface area contributed by atoms with Crippen molar-refractivity contribution in [3.8, 4) is 11.1 Å². The van der Waals surface area contributed by atoms with Crippen LogP contribution in [0.3, 0.4) is 0 Å². The van der Waals surface area contributed by atoms with Gasteiger partial charge < -0.3 is 4.90 Å². The summed E-state index contributed by atoms with van der Waals surface area (Å²) in [4.78, 5) is 2.39. The number of aryl methyl sites for hydroxylation is 1. The molecule has 1 aromatic carbocycles. The number of fused-ring (bicyclic) bond motifs is 1. The zero-order valence-electron chi connectivity index (χ0n) is 20.2. The molecule has 0 N–H and O–H groups in total. The highest BCUT2D eigenvalue weighted by molar-refractivity contribution is 5.68. The Kier molecular flexibility index (Phi) is 12.4. The average molecular weight is 400 g/mol. The summed E-state index contributed by atoms with van der Waals surface area (Å²) in [5.41, 5.74) is 5.34. The van der Waals surface area contributed by atoms with Crippen molar-refractivity contribution in [3.05, 3.63) is 36.2 Å². The first kappa shape index (κ1) is 25.3. The van der Waals surface area contributed by atoms with E-state index in [1.165, 1.54) is 80.3 Å². The Bertz CT molecular complexity index is 668. The van der Waals surface area contributed by atoms with Gasteiger partial charge in [0.25, 0.3) is 0 Å². The lowest BCUT2D eigenvalue weighted by Crippen LogP contribution is -2.31. The summed E-state index contributed by atoms with van der Waals surface area (Å²) in [5.74, 6) is 0.779. The third-order valence-electron chi connectivity index (χ3n) is 5.60. The molecule has 1 atom stereocenters. The molecule has 0 radical (unpaired) electrons. The van der Waals surface area contributed by atoms with Gasteiger partial charge >= 0.3 is 0 Å². The maximum absolute atomic E-state index is 4.26. The summed E-state index contributed by atoms with van der Waals surface area (Å²) in [5, 5.41) is 4.26. The highest BCUT2D eigenvalue weighted by Crippen LogP contribution is 2.33. The minimum Gasteiger partial charge on any atom is -0.374 e. The van der Waals surface area contributed by atoms with Crippen LogP contribution in [0.25, 0.3) is 11.1 Å². The van der Waals surface area contributed by atoms with E-state index in [0.717, 1.165) is 5.92 Å². The van der Waals surface area contributed by atoms with Crippen LogP contribution in [0, 0.1) is 5.92 Å². The highest BCUT2D eigenvalue weighted by atomic mass is 15.2. The van der Waals surface area contributed by atoms with Gasteiger partial charge in [-0.2, -0.15) is 5.10 Å². The first-order valence-corrected chi connectivity index (χ1v) is 11.9. The predicted molar refractivity (Wildman–Crippen MR) is 130 cm³/mol.